The maximum atomic E-state index is 10.9. The Kier molecular flexibility index (Phi) is 6.65. The maximum Gasteiger partial charge on any atom is 0.232 e. The van der Waals surface area contributed by atoms with Crippen molar-refractivity contribution in [3.8, 4) is 0 Å². The fourth-order valence-electron chi connectivity index (χ4n) is 2.35. The molecule has 0 amide bonds. The van der Waals surface area contributed by atoms with E-state index >= 15 is 0 Å². The molecule has 0 unspecified atom stereocenters. The van der Waals surface area contributed by atoms with Gasteiger partial charge < -0.3 is 4.43 Å². The predicted molar refractivity (Wildman–Crippen MR) is 84.3 cm³/mol. The van der Waals surface area contributed by atoms with Crippen LogP contribution < -0.4 is 0 Å². The second kappa shape index (κ2) is 7.76. The predicted octanol–water partition coefficient (Wildman–Crippen LogP) is 4.68. The van der Waals surface area contributed by atoms with Crippen molar-refractivity contribution >= 4 is 19.9 Å². The van der Waals surface area contributed by atoms with Crippen LogP contribution in [0.1, 0.15) is 32.4 Å². The minimum atomic E-state index is -1.90. The Morgan fingerprint density at radius 3 is 2.35 bits per heavy atom. The summed E-state index contributed by atoms with van der Waals surface area (Å²) >= 11 is 5.98. The van der Waals surface area contributed by atoms with Crippen LogP contribution in [0.3, 0.4) is 0 Å². The zero-order valence-corrected chi connectivity index (χ0v) is 14.0. The molecule has 0 saturated carbocycles. The first kappa shape index (κ1) is 17.1. The molecule has 4 nitrogen and oxygen atoms in total. The summed E-state index contributed by atoms with van der Waals surface area (Å²) in [5.74, 6) is 0. The molecular weight excluding hydrogens is 294 g/mol. The normalized spacial score (nSPS) is 13.2. The topological polar surface area (TPSA) is 52.4 Å². The summed E-state index contributed by atoms with van der Waals surface area (Å²) in [7, 11) is -1.90. The number of nitro groups is 1. The summed E-state index contributed by atoms with van der Waals surface area (Å²) in [6.45, 7) is 6.12. The van der Waals surface area contributed by atoms with Crippen LogP contribution in [-0.2, 0) is 4.43 Å². The smallest absolute Gasteiger partial charge is 0.232 e. The summed E-state index contributed by atoms with van der Waals surface area (Å²) in [5.41, 5.74) is 0.793. The molecule has 0 spiro atoms. The third kappa shape index (κ3) is 4.58. The molecule has 0 bridgehead atoms. The van der Waals surface area contributed by atoms with E-state index in [4.69, 9.17) is 16.0 Å². The molecule has 1 atom stereocenters. The van der Waals surface area contributed by atoms with Crippen LogP contribution in [0.4, 0.5) is 0 Å². The Bertz CT molecular complexity index is 444. The highest BCUT2D eigenvalue weighted by atomic mass is 35.5. The van der Waals surface area contributed by atoms with Crippen molar-refractivity contribution < 1.29 is 9.35 Å². The molecule has 1 aromatic carbocycles. The lowest BCUT2D eigenvalue weighted by molar-refractivity contribution is -0.490. The van der Waals surface area contributed by atoms with Gasteiger partial charge >= 0.3 is 0 Å². The minimum Gasteiger partial charge on any atom is -0.404 e. The molecule has 0 N–H and O–H groups in total. The second-order valence-corrected chi connectivity index (χ2v) is 10.1. The van der Waals surface area contributed by atoms with Crippen molar-refractivity contribution in [2.75, 3.05) is 6.54 Å². The number of rotatable bonds is 8. The van der Waals surface area contributed by atoms with Crippen LogP contribution in [0.15, 0.2) is 24.3 Å². The minimum absolute atomic E-state index is 0.213. The number of nitrogens with zero attached hydrogens (tertiary/aromatic N) is 1. The first-order valence-corrected chi connectivity index (χ1v) is 9.92. The van der Waals surface area contributed by atoms with Gasteiger partial charge in [-0.1, -0.05) is 44.5 Å². The highest BCUT2D eigenvalue weighted by Crippen LogP contribution is 2.30. The van der Waals surface area contributed by atoms with E-state index in [1.807, 2.05) is 6.07 Å². The number of halogens is 1. The Labute approximate surface area is 126 Å². The van der Waals surface area contributed by atoms with Crippen molar-refractivity contribution in [1.29, 1.82) is 0 Å². The van der Waals surface area contributed by atoms with E-state index < -0.39 is 14.4 Å². The molecule has 0 saturated heterocycles. The summed E-state index contributed by atoms with van der Waals surface area (Å²) in [6, 6.07) is 10.1. The van der Waals surface area contributed by atoms with Gasteiger partial charge in [-0.2, -0.15) is 0 Å². The zero-order chi connectivity index (χ0) is 15.2. The van der Waals surface area contributed by atoms with Gasteiger partial charge in [0.2, 0.25) is 6.54 Å². The first-order valence-electron chi connectivity index (χ1n) is 7.01. The Morgan fingerprint density at radius 2 is 1.90 bits per heavy atom. The van der Waals surface area contributed by atoms with E-state index in [0.29, 0.717) is 5.02 Å². The van der Waals surface area contributed by atoms with Crippen LogP contribution in [0.5, 0.6) is 0 Å². The van der Waals surface area contributed by atoms with Crippen LogP contribution in [0.25, 0.3) is 0 Å². The van der Waals surface area contributed by atoms with Crippen LogP contribution in [-0.4, -0.2) is 19.8 Å². The van der Waals surface area contributed by atoms with E-state index in [1.54, 1.807) is 18.2 Å². The van der Waals surface area contributed by atoms with Gasteiger partial charge in [-0.3, -0.25) is 10.1 Å². The van der Waals surface area contributed by atoms with Crippen LogP contribution in [0, 0.1) is 10.1 Å². The number of benzene rings is 1. The first-order chi connectivity index (χ1) is 9.46. The van der Waals surface area contributed by atoms with Crippen LogP contribution >= 0.6 is 11.6 Å². The van der Waals surface area contributed by atoms with Crippen molar-refractivity contribution in [3.05, 3.63) is 45.0 Å². The summed E-state index contributed by atoms with van der Waals surface area (Å²) < 4.78 is 6.28. The summed E-state index contributed by atoms with van der Waals surface area (Å²) in [4.78, 5) is 10.6. The van der Waals surface area contributed by atoms with E-state index in [0.717, 1.165) is 23.7 Å². The molecule has 0 aromatic heterocycles. The van der Waals surface area contributed by atoms with E-state index in [2.05, 4.69) is 20.8 Å². The lowest BCUT2D eigenvalue weighted by Crippen LogP contribution is -2.38. The lowest BCUT2D eigenvalue weighted by Gasteiger charge is -2.32. The SMILES string of the molecule is CC[Si](CC)(CC)O[C@@H](C[N+](=O)[O-])c1cccc(Cl)c1. The van der Waals surface area contributed by atoms with Gasteiger partial charge in [-0.15, -0.1) is 0 Å². The highest BCUT2D eigenvalue weighted by molar-refractivity contribution is 6.73. The van der Waals surface area contributed by atoms with E-state index in [-0.39, 0.29) is 11.5 Å². The molecule has 0 heterocycles. The van der Waals surface area contributed by atoms with Gasteiger partial charge in [0, 0.05) is 9.95 Å². The number of hydrogen-bond acceptors (Lipinski definition) is 3. The molecular formula is C14H22ClNO3Si. The van der Waals surface area contributed by atoms with Crippen molar-refractivity contribution in [1.82, 2.24) is 0 Å². The van der Waals surface area contributed by atoms with E-state index in [1.165, 1.54) is 0 Å². The zero-order valence-electron chi connectivity index (χ0n) is 12.3. The molecule has 6 heteroatoms. The molecule has 0 radical (unpaired) electrons. The average molecular weight is 316 g/mol. The Hall–Kier alpha value is -0.913. The van der Waals surface area contributed by atoms with Crippen molar-refractivity contribution in [3.63, 3.8) is 0 Å². The monoisotopic (exact) mass is 315 g/mol. The van der Waals surface area contributed by atoms with Crippen molar-refractivity contribution in [2.24, 2.45) is 0 Å². The van der Waals surface area contributed by atoms with Gasteiger partial charge in [-0.05, 0) is 35.8 Å². The van der Waals surface area contributed by atoms with Gasteiger partial charge in [0.15, 0.2) is 8.32 Å². The standard InChI is InChI=1S/C14H22ClNO3Si/c1-4-20(5-2,6-3)19-14(11-16(17)18)12-8-7-9-13(15)10-12/h7-10,14H,4-6,11H2,1-3H3/t14-/m0/s1. The molecule has 0 aliphatic carbocycles. The third-order valence-corrected chi connectivity index (χ3v) is 8.75. The quantitative estimate of drug-likeness (QED) is 0.397. The molecule has 20 heavy (non-hydrogen) atoms. The summed E-state index contributed by atoms with van der Waals surface area (Å²) in [6.07, 6.45) is -0.504. The summed E-state index contributed by atoms with van der Waals surface area (Å²) in [5, 5.41) is 11.5. The average Bonchev–Trinajstić information content (AvgIpc) is 2.43. The van der Waals surface area contributed by atoms with Crippen LogP contribution in [0.2, 0.25) is 23.2 Å². The third-order valence-electron chi connectivity index (χ3n) is 3.86. The van der Waals surface area contributed by atoms with Gasteiger partial charge in [-0.25, -0.2) is 0 Å². The van der Waals surface area contributed by atoms with Gasteiger partial charge in [0.25, 0.3) is 0 Å². The fraction of sp³-hybridized carbons (Fsp3) is 0.571. The molecule has 1 rings (SSSR count). The largest absolute Gasteiger partial charge is 0.404 e. The second-order valence-electron chi connectivity index (χ2n) is 4.92. The molecule has 0 fully saturated rings. The molecule has 1 aromatic rings. The highest BCUT2D eigenvalue weighted by Gasteiger charge is 2.34. The van der Waals surface area contributed by atoms with Gasteiger partial charge in [0.1, 0.15) is 6.10 Å². The maximum absolute atomic E-state index is 10.9. The van der Waals surface area contributed by atoms with E-state index in [9.17, 15) is 10.1 Å². The molecule has 112 valence electrons. The fourth-order valence-corrected chi connectivity index (χ4v) is 5.37. The van der Waals surface area contributed by atoms with Crippen molar-refractivity contribution in [2.45, 2.75) is 45.0 Å². The van der Waals surface area contributed by atoms with Gasteiger partial charge in [0.05, 0.1) is 0 Å². The molecule has 0 aliphatic rings. The molecule has 0 aliphatic heterocycles. The lowest BCUT2D eigenvalue weighted by atomic mass is 10.1. The number of hydrogen-bond donors (Lipinski definition) is 0. The Balaban J connectivity index is 3.03. The Morgan fingerprint density at radius 1 is 1.30 bits per heavy atom.